The normalized spacial score (nSPS) is 24.9. The van der Waals surface area contributed by atoms with Crippen LogP contribution in [0.5, 0.6) is 0 Å². The molecule has 1 aliphatic heterocycles. The van der Waals surface area contributed by atoms with Crippen LogP contribution in [0.25, 0.3) is 0 Å². The van der Waals surface area contributed by atoms with Crippen molar-refractivity contribution in [2.45, 2.75) is 38.5 Å². The molecule has 5 nitrogen and oxygen atoms in total. The number of likely N-dealkylation sites (tertiary alicyclic amines) is 1. The van der Waals surface area contributed by atoms with Gasteiger partial charge in [0.2, 0.25) is 11.8 Å². The van der Waals surface area contributed by atoms with Gasteiger partial charge in [0.05, 0.1) is 0 Å². The minimum Gasteiger partial charge on any atom is -0.373 e. The Morgan fingerprint density at radius 2 is 2.46 bits per heavy atom. The third-order valence-corrected chi connectivity index (χ3v) is 2.28. The van der Waals surface area contributed by atoms with Crippen molar-refractivity contribution in [1.29, 1.82) is 0 Å². The van der Waals surface area contributed by atoms with Crippen molar-refractivity contribution in [2.75, 3.05) is 0 Å². The van der Waals surface area contributed by atoms with Gasteiger partial charge in [-0.2, -0.15) is 0 Å². The lowest BCUT2D eigenvalue weighted by Gasteiger charge is -2.27. The number of rotatable bonds is 3. The third kappa shape index (κ3) is 1.80. The Labute approximate surface area is 76.5 Å². The van der Waals surface area contributed by atoms with Gasteiger partial charge in [0, 0.05) is 12.8 Å². The van der Waals surface area contributed by atoms with Crippen molar-refractivity contribution in [3.05, 3.63) is 0 Å². The van der Waals surface area contributed by atoms with Crippen LogP contribution in [0.15, 0.2) is 0 Å². The first-order valence-electron chi connectivity index (χ1n) is 4.36. The Balaban J connectivity index is 2.77. The number of hydrogen-bond donors (Lipinski definition) is 2. The summed E-state index contributed by atoms with van der Waals surface area (Å²) in [6.45, 7) is 1.76. The number of hydrogen-bond acceptors (Lipinski definition) is 3. The Morgan fingerprint density at radius 3 is 2.77 bits per heavy atom. The minimum atomic E-state index is -0.843. The second kappa shape index (κ2) is 3.74. The number of nitrogens with two attached hydrogens (primary N) is 1. The van der Waals surface area contributed by atoms with E-state index in [0.29, 0.717) is 19.3 Å². The lowest BCUT2D eigenvalue weighted by molar-refractivity contribution is -0.143. The molecule has 1 saturated heterocycles. The number of nitrogens with zero attached hydrogens (tertiary/aromatic N) is 1. The van der Waals surface area contributed by atoms with Gasteiger partial charge in [-0.15, -0.1) is 0 Å². The largest absolute Gasteiger partial charge is 0.373 e. The first-order valence-corrected chi connectivity index (χ1v) is 4.36. The smallest absolute Gasteiger partial charge is 0.240 e. The Morgan fingerprint density at radius 1 is 1.85 bits per heavy atom. The lowest BCUT2D eigenvalue weighted by Crippen LogP contribution is -2.48. The van der Waals surface area contributed by atoms with Gasteiger partial charge < -0.3 is 15.7 Å². The summed E-state index contributed by atoms with van der Waals surface area (Å²) in [5, 5.41) is 9.41. The van der Waals surface area contributed by atoms with E-state index >= 15 is 0 Å². The lowest BCUT2D eigenvalue weighted by atomic mass is 10.2. The van der Waals surface area contributed by atoms with Crippen LogP contribution in [0.2, 0.25) is 0 Å². The van der Waals surface area contributed by atoms with Crippen LogP contribution in [0.4, 0.5) is 0 Å². The van der Waals surface area contributed by atoms with E-state index in [0.717, 1.165) is 0 Å². The van der Waals surface area contributed by atoms with Gasteiger partial charge in [0.25, 0.3) is 0 Å². The number of aliphatic hydroxyl groups is 1. The highest BCUT2D eigenvalue weighted by Crippen LogP contribution is 2.20. The number of aliphatic hydroxyl groups excluding tert-OH is 1. The molecule has 0 aromatic heterocycles. The molecule has 1 heterocycles. The Bertz CT molecular complexity index is 229. The van der Waals surface area contributed by atoms with Crippen LogP contribution >= 0.6 is 0 Å². The molecule has 0 saturated carbocycles. The van der Waals surface area contributed by atoms with E-state index in [-0.39, 0.29) is 5.91 Å². The molecule has 2 unspecified atom stereocenters. The van der Waals surface area contributed by atoms with Crippen molar-refractivity contribution < 1.29 is 14.7 Å². The zero-order chi connectivity index (χ0) is 10.0. The monoisotopic (exact) mass is 186 g/mol. The van der Waals surface area contributed by atoms with Crippen molar-refractivity contribution in [1.82, 2.24) is 4.90 Å². The Kier molecular flexibility index (Phi) is 2.87. The maximum Gasteiger partial charge on any atom is 0.240 e. The maximum absolute atomic E-state index is 11.2. The van der Waals surface area contributed by atoms with Crippen LogP contribution in [0.3, 0.4) is 0 Å². The minimum absolute atomic E-state index is 0.196. The fourth-order valence-corrected chi connectivity index (χ4v) is 1.60. The van der Waals surface area contributed by atoms with Crippen LogP contribution < -0.4 is 5.73 Å². The first-order chi connectivity index (χ1) is 6.07. The zero-order valence-electron chi connectivity index (χ0n) is 7.56. The highest BCUT2D eigenvalue weighted by atomic mass is 16.3. The van der Waals surface area contributed by atoms with Gasteiger partial charge in [0.1, 0.15) is 12.3 Å². The molecule has 0 radical (unpaired) electrons. The second-order valence-electron chi connectivity index (χ2n) is 3.15. The zero-order valence-corrected chi connectivity index (χ0v) is 7.56. The fourth-order valence-electron chi connectivity index (χ4n) is 1.60. The molecule has 0 bridgehead atoms. The number of carbonyl (C=O) groups is 2. The van der Waals surface area contributed by atoms with Gasteiger partial charge >= 0.3 is 0 Å². The van der Waals surface area contributed by atoms with Gasteiger partial charge in [-0.1, -0.05) is 6.92 Å². The van der Waals surface area contributed by atoms with Crippen LogP contribution in [0.1, 0.15) is 26.2 Å². The summed E-state index contributed by atoms with van der Waals surface area (Å²) < 4.78 is 0. The fraction of sp³-hybridized carbons (Fsp3) is 0.750. The molecule has 0 spiro atoms. The molecule has 3 N–H and O–H groups in total. The molecule has 13 heavy (non-hydrogen) atoms. The summed E-state index contributed by atoms with van der Waals surface area (Å²) in [7, 11) is 0. The van der Waals surface area contributed by atoms with Crippen molar-refractivity contribution in [2.24, 2.45) is 5.73 Å². The van der Waals surface area contributed by atoms with Crippen LogP contribution in [-0.2, 0) is 9.59 Å². The number of primary amides is 1. The molecule has 1 rings (SSSR count). The molecule has 1 fully saturated rings. The molecule has 2 atom stereocenters. The van der Waals surface area contributed by atoms with E-state index in [1.165, 1.54) is 4.90 Å². The van der Waals surface area contributed by atoms with Gasteiger partial charge in [-0.3, -0.25) is 9.59 Å². The van der Waals surface area contributed by atoms with E-state index in [1.807, 2.05) is 0 Å². The predicted molar refractivity (Wildman–Crippen MR) is 45.4 cm³/mol. The Hall–Kier alpha value is -1.10. The molecule has 1 aliphatic rings. The van der Waals surface area contributed by atoms with E-state index in [9.17, 15) is 14.7 Å². The van der Waals surface area contributed by atoms with Crippen molar-refractivity contribution in [3.8, 4) is 0 Å². The molecule has 74 valence electrons. The van der Waals surface area contributed by atoms with E-state index in [1.54, 1.807) is 6.92 Å². The predicted octanol–water partition coefficient (Wildman–Crippen LogP) is -0.809. The van der Waals surface area contributed by atoms with Crippen LogP contribution in [0, 0.1) is 0 Å². The first kappa shape index (κ1) is 9.98. The molecule has 2 amide bonds. The SMILES string of the molecule is CCC(C(N)=O)N1C(=O)CCC1O. The highest BCUT2D eigenvalue weighted by Gasteiger charge is 2.36. The van der Waals surface area contributed by atoms with Gasteiger partial charge in [-0.05, 0) is 6.42 Å². The summed E-state index contributed by atoms with van der Waals surface area (Å²) >= 11 is 0. The quantitative estimate of drug-likeness (QED) is 0.604. The van der Waals surface area contributed by atoms with E-state index in [2.05, 4.69) is 0 Å². The summed E-state index contributed by atoms with van der Waals surface area (Å²) in [6, 6.07) is -0.662. The second-order valence-corrected chi connectivity index (χ2v) is 3.15. The molecular weight excluding hydrogens is 172 g/mol. The summed E-state index contributed by atoms with van der Waals surface area (Å²) in [6.07, 6.45) is 0.288. The third-order valence-electron chi connectivity index (χ3n) is 2.28. The summed E-state index contributed by atoms with van der Waals surface area (Å²) in [4.78, 5) is 23.4. The number of amides is 2. The van der Waals surface area contributed by atoms with Crippen molar-refractivity contribution >= 4 is 11.8 Å². The molecular formula is C8H14N2O3. The molecule has 0 aromatic rings. The van der Waals surface area contributed by atoms with Crippen LogP contribution in [-0.4, -0.2) is 34.1 Å². The topological polar surface area (TPSA) is 83.6 Å². The molecule has 0 aromatic carbocycles. The summed E-state index contributed by atoms with van der Waals surface area (Å²) in [5.41, 5.74) is 5.11. The molecule has 0 aliphatic carbocycles. The maximum atomic E-state index is 11.2. The van der Waals surface area contributed by atoms with Gasteiger partial charge in [-0.25, -0.2) is 0 Å². The van der Waals surface area contributed by atoms with E-state index in [4.69, 9.17) is 5.73 Å². The van der Waals surface area contributed by atoms with Gasteiger partial charge in [0.15, 0.2) is 0 Å². The standard InChI is InChI=1S/C8H14N2O3/c1-2-5(8(9)13)10-6(11)3-4-7(10)12/h5-6,11H,2-4H2,1H3,(H2,9,13). The average molecular weight is 186 g/mol. The average Bonchev–Trinajstić information content (AvgIpc) is 2.36. The highest BCUT2D eigenvalue weighted by molar-refractivity contribution is 5.87. The van der Waals surface area contributed by atoms with Crippen molar-refractivity contribution in [3.63, 3.8) is 0 Å². The summed E-state index contributed by atoms with van der Waals surface area (Å²) in [5.74, 6) is -0.755. The van der Waals surface area contributed by atoms with E-state index < -0.39 is 18.2 Å². The number of carbonyl (C=O) groups excluding carboxylic acids is 2. The molecule has 5 heteroatoms.